The fourth-order valence-corrected chi connectivity index (χ4v) is 3.06. The molecule has 0 bridgehead atoms. The normalized spacial score (nSPS) is 13.3. The van der Waals surface area contributed by atoms with Crippen molar-refractivity contribution in [2.45, 2.75) is 32.8 Å². The van der Waals surface area contributed by atoms with Gasteiger partial charge in [-0.1, -0.05) is 24.0 Å². The van der Waals surface area contributed by atoms with E-state index >= 15 is 0 Å². The standard InChI is InChI=1S/C23H24N2O4/c1-16(26)25-19-11-9-17(10-12-19)22(27)24-13-4-5-14-28-20-8-6-7-18-15-23(2,3)29-21(18)20/h6-12H,13-15H2,1-3H3,(H,24,27)(H,25,26). The molecule has 2 aromatic rings. The predicted molar refractivity (Wildman–Crippen MR) is 111 cm³/mol. The summed E-state index contributed by atoms with van der Waals surface area (Å²) in [5, 5.41) is 5.38. The number of para-hydroxylation sites is 1. The van der Waals surface area contributed by atoms with E-state index in [1.165, 1.54) is 6.92 Å². The third kappa shape index (κ3) is 5.52. The van der Waals surface area contributed by atoms with Gasteiger partial charge in [-0.05, 0) is 44.2 Å². The summed E-state index contributed by atoms with van der Waals surface area (Å²) >= 11 is 0. The largest absolute Gasteiger partial charge is 0.483 e. The number of hydrogen-bond acceptors (Lipinski definition) is 4. The van der Waals surface area contributed by atoms with E-state index in [1.54, 1.807) is 24.3 Å². The van der Waals surface area contributed by atoms with Crippen LogP contribution in [0.15, 0.2) is 42.5 Å². The lowest BCUT2D eigenvalue weighted by Gasteiger charge is -2.17. The van der Waals surface area contributed by atoms with Gasteiger partial charge in [-0.25, -0.2) is 0 Å². The number of ether oxygens (including phenoxy) is 2. The molecule has 0 unspecified atom stereocenters. The van der Waals surface area contributed by atoms with Gasteiger partial charge in [-0.2, -0.15) is 0 Å². The first kappa shape index (κ1) is 20.3. The zero-order valence-electron chi connectivity index (χ0n) is 16.8. The molecule has 0 spiro atoms. The molecular formula is C23H24N2O4. The van der Waals surface area contributed by atoms with Crippen LogP contribution in [0.2, 0.25) is 0 Å². The van der Waals surface area contributed by atoms with Crippen molar-refractivity contribution < 1.29 is 19.1 Å². The molecule has 0 aromatic heterocycles. The van der Waals surface area contributed by atoms with Crippen molar-refractivity contribution in [3.8, 4) is 23.3 Å². The number of fused-ring (bicyclic) bond motifs is 1. The van der Waals surface area contributed by atoms with Crippen LogP contribution in [-0.2, 0) is 11.2 Å². The SMILES string of the molecule is CC(=O)Nc1ccc(C(=O)NCC#CCOc2cccc3c2OC(C)(C)C3)cc1. The zero-order valence-corrected chi connectivity index (χ0v) is 16.8. The average molecular weight is 392 g/mol. The molecule has 3 rings (SSSR count). The molecule has 2 amide bonds. The van der Waals surface area contributed by atoms with Crippen molar-refractivity contribution in [2.24, 2.45) is 0 Å². The van der Waals surface area contributed by atoms with E-state index in [4.69, 9.17) is 9.47 Å². The first-order valence-corrected chi connectivity index (χ1v) is 9.39. The van der Waals surface area contributed by atoms with Crippen molar-refractivity contribution in [3.05, 3.63) is 53.6 Å². The number of hydrogen-bond donors (Lipinski definition) is 2. The molecule has 1 heterocycles. The van der Waals surface area contributed by atoms with Crippen molar-refractivity contribution in [1.29, 1.82) is 0 Å². The van der Waals surface area contributed by atoms with E-state index in [0.717, 1.165) is 17.7 Å². The Hall–Kier alpha value is -3.46. The second-order valence-corrected chi connectivity index (χ2v) is 7.37. The lowest BCUT2D eigenvalue weighted by molar-refractivity contribution is -0.114. The summed E-state index contributed by atoms with van der Waals surface area (Å²) < 4.78 is 11.7. The molecule has 6 heteroatoms. The molecular weight excluding hydrogens is 368 g/mol. The number of anilines is 1. The van der Waals surface area contributed by atoms with E-state index in [9.17, 15) is 9.59 Å². The van der Waals surface area contributed by atoms with Gasteiger partial charge in [0.05, 0.1) is 6.54 Å². The summed E-state index contributed by atoms with van der Waals surface area (Å²) in [5.74, 6) is 6.85. The van der Waals surface area contributed by atoms with E-state index in [-0.39, 0.29) is 30.6 Å². The molecule has 29 heavy (non-hydrogen) atoms. The Kier molecular flexibility index (Phi) is 6.08. The van der Waals surface area contributed by atoms with Crippen molar-refractivity contribution in [3.63, 3.8) is 0 Å². The Balaban J connectivity index is 1.45. The highest BCUT2D eigenvalue weighted by Crippen LogP contribution is 2.41. The highest BCUT2D eigenvalue weighted by Gasteiger charge is 2.32. The number of amides is 2. The van der Waals surface area contributed by atoms with Gasteiger partial charge in [-0.15, -0.1) is 0 Å². The Morgan fingerprint density at radius 3 is 2.62 bits per heavy atom. The summed E-state index contributed by atoms with van der Waals surface area (Å²) in [5.41, 5.74) is 2.05. The summed E-state index contributed by atoms with van der Waals surface area (Å²) in [6.45, 7) is 5.95. The number of nitrogens with one attached hydrogen (secondary N) is 2. The predicted octanol–water partition coefficient (Wildman–Crippen LogP) is 3.17. The van der Waals surface area contributed by atoms with E-state index in [2.05, 4.69) is 22.5 Å². The van der Waals surface area contributed by atoms with Crippen molar-refractivity contribution in [1.82, 2.24) is 5.32 Å². The molecule has 0 fully saturated rings. The molecule has 0 radical (unpaired) electrons. The minimum atomic E-state index is -0.230. The quantitative estimate of drug-likeness (QED) is 0.767. The molecule has 2 aromatic carbocycles. The van der Waals surface area contributed by atoms with Gasteiger partial charge < -0.3 is 20.1 Å². The number of carbonyl (C=O) groups excluding carboxylic acids is 2. The molecule has 1 aliphatic heterocycles. The fourth-order valence-electron chi connectivity index (χ4n) is 3.06. The highest BCUT2D eigenvalue weighted by atomic mass is 16.5. The first-order valence-electron chi connectivity index (χ1n) is 9.39. The number of rotatable bonds is 5. The summed E-state index contributed by atoms with van der Waals surface area (Å²) in [6.07, 6.45) is 0.850. The average Bonchev–Trinajstić information content (AvgIpc) is 2.99. The van der Waals surface area contributed by atoms with Gasteiger partial charge in [0.15, 0.2) is 11.5 Å². The van der Waals surface area contributed by atoms with Crippen LogP contribution in [0.3, 0.4) is 0 Å². The minimum Gasteiger partial charge on any atom is -0.483 e. The molecule has 6 nitrogen and oxygen atoms in total. The van der Waals surface area contributed by atoms with E-state index in [1.807, 2.05) is 32.0 Å². The topological polar surface area (TPSA) is 76.7 Å². The fraction of sp³-hybridized carbons (Fsp3) is 0.304. The van der Waals surface area contributed by atoms with Crippen LogP contribution >= 0.6 is 0 Å². The second-order valence-electron chi connectivity index (χ2n) is 7.37. The molecule has 2 N–H and O–H groups in total. The molecule has 1 aliphatic rings. The maximum atomic E-state index is 12.1. The van der Waals surface area contributed by atoms with Gasteiger partial charge in [0.2, 0.25) is 5.91 Å². The van der Waals surface area contributed by atoms with Gasteiger partial charge >= 0.3 is 0 Å². The Bertz CT molecular complexity index is 969. The van der Waals surface area contributed by atoms with Gasteiger partial charge in [0.1, 0.15) is 12.2 Å². The Morgan fingerprint density at radius 2 is 1.90 bits per heavy atom. The van der Waals surface area contributed by atoms with Crippen LogP contribution in [0.4, 0.5) is 5.69 Å². The third-order valence-corrected chi connectivity index (χ3v) is 4.28. The van der Waals surface area contributed by atoms with E-state index < -0.39 is 0 Å². The minimum absolute atomic E-state index is 0.157. The lowest BCUT2D eigenvalue weighted by Crippen LogP contribution is -2.24. The molecule has 0 aliphatic carbocycles. The van der Waals surface area contributed by atoms with Crippen LogP contribution in [0.1, 0.15) is 36.7 Å². The lowest BCUT2D eigenvalue weighted by atomic mass is 10.0. The Labute approximate surface area is 170 Å². The Morgan fingerprint density at radius 1 is 1.14 bits per heavy atom. The van der Waals surface area contributed by atoms with Gasteiger partial charge in [0, 0.05) is 30.2 Å². The number of carbonyl (C=O) groups is 2. The third-order valence-electron chi connectivity index (χ3n) is 4.28. The van der Waals surface area contributed by atoms with Crippen LogP contribution in [-0.4, -0.2) is 30.6 Å². The van der Waals surface area contributed by atoms with Crippen LogP contribution < -0.4 is 20.1 Å². The monoisotopic (exact) mass is 392 g/mol. The van der Waals surface area contributed by atoms with Crippen LogP contribution in [0.25, 0.3) is 0 Å². The maximum absolute atomic E-state index is 12.1. The second kappa shape index (κ2) is 8.70. The summed E-state index contributed by atoms with van der Waals surface area (Å²) in [4.78, 5) is 23.1. The van der Waals surface area contributed by atoms with Crippen molar-refractivity contribution in [2.75, 3.05) is 18.5 Å². The molecule has 0 atom stereocenters. The van der Waals surface area contributed by atoms with Gasteiger partial charge in [0.25, 0.3) is 5.91 Å². The van der Waals surface area contributed by atoms with Crippen molar-refractivity contribution >= 4 is 17.5 Å². The summed E-state index contributed by atoms with van der Waals surface area (Å²) in [6, 6.07) is 12.5. The zero-order chi connectivity index (χ0) is 20.9. The van der Waals surface area contributed by atoms with E-state index in [0.29, 0.717) is 17.0 Å². The number of benzene rings is 2. The molecule has 0 saturated carbocycles. The smallest absolute Gasteiger partial charge is 0.252 e. The first-order chi connectivity index (χ1) is 13.8. The molecule has 0 saturated heterocycles. The van der Waals surface area contributed by atoms with Crippen LogP contribution in [0.5, 0.6) is 11.5 Å². The maximum Gasteiger partial charge on any atom is 0.252 e. The summed E-state index contributed by atoms with van der Waals surface area (Å²) in [7, 11) is 0. The highest BCUT2D eigenvalue weighted by molar-refractivity contribution is 5.95. The van der Waals surface area contributed by atoms with Crippen LogP contribution in [0, 0.1) is 11.8 Å². The van der Waals surface area contributed by atoms with Gasteiger partial charge in [-0.3, -0.25) is 9.59 Å². The molecule has 150 valence electrons.